The molecule has 1 aliphatic carbocycles. The van der Waals surface area contributed by atoms with Crippen LogP contribution in [-0.2, 0) is 0 Å². The van der Waals surface area contributed by atoms with Gasteiger partial charge < -0.3 is 10.6 Å². The minimum Gasteiger partial charge on any atom is -0.370 e. The van der Waals surface area contributed by atoms with E-state index in [1.807, 2.05) is 0 Å². The Balaban J connectivity index is 2.06. The molecule has 2 unspecified atom stereocenters. The first-order chi connectivity index (χ1) is 8.60. The lowest BCUT2D eigenvalue weighted by Crippen LogP contribution is -2.26. The second kappa shape index (κ2) is 5.57. The third-order valence-electron chi connectivity index (χ3n) is 3.04. The second-order valence-electron chi connectivity index (χ2n) is 4.78. The maximum Gasteiger partial charge on any atom is 0.251 e. The Morgan fingerprint density at radius 3 is 2.89 bits per heavy atom. The quantitative estimate of drug-likeness (QED) is 0.807. The number of aromatic nitrogens is 1. The molecule has 4 nitrogen and oxygen atoms in total. The maximum atomic E-state index is 12.0. The van der Waals surface area contributed by atoms with Gasteiger partial charge in [-0.1, -0.05) is 25.4 Å². The molecule has 5 heteroatoms. The second-order valence-corrected chi connectivity index (χ2v) is 5.17. The highest BCUT2D eigenvalue weighted by atomic mass is 35.5. The standard InChI is InChI=1S/C13H18ClN3O/c1-3-4-15-12-7-9(6-11(14)17-12)13(18)16-10-5-8(10)2/h6-8,10H,3-5H2,1-2H3,(H,15,17)(H,16,18). The van der Waals surface area contributed by atoms with Crippen LogP contribution in [0.15, 0.2) is 12.1 Å². The van der Waals surface area contributed by atoms with Crippen molar-refractivity contribution in [3.63, 3.8) is 0 Å². The van der Waals surface area contributed by atoms with Crippen molar-refractivity contribution < 1.29 is 4.79 Å². The van der Waals surface area contributed by atoms with Gasteiger partial charge in [0.05, 0.1) is 0 Å². The summed E-state index contributed by atoms with van der Waals surface area (Å²) in [6.45, 7) is 5.01. The molecule has 2 N–H and O–H groups in total. The molecule has 0 aliphatic heterocycles. The first-order valence-electron chi connectivity index (χ1n) is 6.32. The molecule has 1 aromatic rings. The molecule has 18 heavy (non-hydrogen) atoms. The first-order valence-corrected chi connectivity index (χ1v) is 6.70. The van der Waals surface area contributed by atoms with E-state index in [0.29, 0.717) is 28.5 Å². The van der Waals surface area contributed by atoms with E-state index in [9.17, 15) is 4.79 Å². The number of carbonyl (C=O) groups excluding carboxylic acids is 1. The smallest absolute Gasteiger partial charge is 0.251 e. The molecule has 0 spiro atoms. The molecule has 98 valence electrons. The van der Waals surface area contributed by atoms with Gasteiger partial charge in [0.15, 0.2) is 0 Å². The van der Waals surface area contributed by atoms with E-state index >= 15 is 0 Å². The van der Waals surface area contributed by atoms with Crippen molar-refractivity contribution in [3.8, 4) is 0 Å². The van der Waals surface area contributed by atoms with E-state index in [0.717, 1.165) is 19.4 Å². The third-order valence-corrected chi connectivity index (χ3v) is 3.23. The van der Waals surface area contributed by atoms with Crippen molar-refractivity contribution >= 4 is 23.3 Å². The summed E-state index contributed by atoms with van der Waals surface area (Å²) in [5.41, 5.74) is 0.563. The summed E-state index contributed by atoms with van der Waals surface area (Å²) < 4.78 is 0. The average molecular weight is 268 g/mol. The maximum absolute atomic E-state index is 12.0. The highest BCUT2D eigenvalue weighted by Gasteiger charge is 2.34. The number of amides is 1. The minimum atomic E-state index is -0.0757. The zero-order valence-electron chi connectivity index (χ0n) is 10.7. The number of carbonyl (C=O) groups is 1. The SMILES string of the molecule is CCCNc1cc(C(=O)NC2CC2C)cc(Cl)n1. The largest absolute Gasteiger partial charge is 0.370 e. The third kappa shape index (κ3) is 3.35. The van der Waals surface area contributed by atoms with Crippen LogP contribution < -0.4 is 10.6 Å². The Hall–Kier alpha value is -1.29. The molecule has 0 bridgehead atoms. The van der Waals surface area contributed by atoms with E-state index in [4.69, 9.17) is 11.6 Å². The molecule has 1 aromatic heterocycles. The van der Waals surface area contributed by atoms with Crippen molar-refractivity contribution in [2.24, 2.45) is 5.92 Å². The molecule has 1 aliphatic rings. The van der Waals surface area contributed by atoms with Crippen LogP contribution in [0.2, 0.25) is 5.15 Å². The van der Waals surface area contributed by atoms with Gasteiger partial charge in [0.2, 0.25) is 0 Å². The van der Waals surface area contributed by atoms with Gasteiger partial charge in [-0.15, -0.1) is 0 Å². The van der Waals surface area contributed by atoms with Crippen LogP contribution >= 0.6 is 11.6 Å². The van der Waals surface area contributed by atoms with E-state index < -0.39 is 0 Å². The number of halogens is 1. The van der Waals surface area contributed by atoms with Gasteiger partial charge in [-0.2, -0.15) is 0 Å². The molecule has 0 radical (unpaired) electrons. The van der Waals surface area contributed by atoms with E-state index in [1.54, 1.807) is 12.1 Å². The fourth-order valence-corrected chi connectivity index (χ4v) is 1.96. The number of nitrogens with zero attached hydrogens (tertiary/aromatic N) is 1. The van der Waals surface area contributed by atoms with Crippen LogP contribution in [-0.4, -0.2) is 23.5 Å². The summed E-state index contributed by atoms with van der Waals surface area (Å²) in [6.07, 6.45) is 2.06. The van der Waals surface area contributed by atoms with Gasteiger partial charge in [0.25, 0.3) is 5.91 Å². The average Bonchev–Trinajstić information content (AvgIpc) is 3.01. The van der Waals surface area contributed by atoms with Crippen molar-refractivity contribution in [2.45, 2.75) is 32.7 Å². The van der Waals surface area contributed by atoms with Gasteiger partial charge in [-0.3, -0.25) is 4.79 Å². The summed E-state index contributed by atoms with van der Waals surface area (Å²) in [7, 11) is 0. The van der Waals surface area contributed by atoms with Crippen molar-refractivity contribution in [1.82, 2.24) is 10.3 Å². The topological polar surface area (TPSA) is 54.0 Å². The summed E-state index contributed by atoms with van der Waals surface area (Å²) in [5, 5.41) is 6.45. The van der Waals surface area contributed by atoms with Crippen LogP contribution in [0.1, 0.15) is 37.0 Å². The van der Waals surface area contributed by atoms with E-state index in [-0.39, 0.29) is 5.91 Å². The van der Waals surface area contributed by atoms with Gasteiger partial charge in [-0.05, 0) is 30.9 Å². The first kappa shape index (κ1) is 13.1. The van der Waals surface area contributed by atoms with Gasteiger partial charge in [-0.25, -0.2) is 4.98 Å². The van der Waals surface area contributed by atoms with Crippen molar-refractivity contribution in [3.05, 3.63) is 22.8 Å². The van der Waals surface area contributed by atoms with Crippen molar-refractivity contribution in [2.75, 3.05) is 11.9 Å². The lowest BCUT2D eigenvalue weighted by Gasteiger charge is -2.08. The zero-order valence-corrected chi connectivity index (χ0v) is 11.4. The number of pyridine rings is 1. The number of hydrogen-bond acceptors (Lipinski definition) is 3. The summed E-state index contributed by atoms with van der Waals surface area (Å²) in [6, 6.07) is 3.65. The highest BCUT2D eigenvalue weighted by Crippen LogP contribution is 2.29. The molecule has 1 fully saturated rings. The molecule has 0 saturated heterocycles. The Kier molecular flexibility index (Phi) is 4.07. The molecular weight excluding hydrogens is 250 g/mol. The summed E-state index contributed by atoms with van der Waals surface area (Å²) in [4.78, 5) is 16.1. The normalized spacial score (nSPS) is 21.5. The number of rotatable bonds is 5. The lowest BCUT2D eigenvalue weighted by atomic mass is 10.2. The molecule has 2 rings (SSSR count). The molecule has 1 saturated carbocycles. The van der Waals surface area contributed by atoms with Crippen LogP contribution in [0.4, 0.5) is 5.82 Å². The molecular formula is C13H18ClN3O. The monoisotopic (exact) mass is 267 g/mol. The Morgan fingerprint density at radius 1 is 1.56 bits per heavy atom. The van der Waals surface area contributed by atoms with Gasteiger partial charge in [0.1, 0.15) is 11.0 Å². The van der Waals surface area contributed by atoms with Crippen molar-refractivity contribution in [1.29, 1.82) is 0 Å². The summed E-state index contributed by atoms with van der Waals surface area (Å²) in [5.74, 6) is 1.16. The number of nitrogens with one attached hydrogen (secondary N) is 2. The summed E-state index contributed by atoms with van der Waals surface area (Å²) >= 11 is 5.92. The van der Waals surface area contributed by atoms with Gasteiger partial charge in [0, 0.05) is 18.2 Å². The Labute approximate surface area is 112 Å². The molecule has 1 heterocycles. The Bertz CT molecular complexity index is 450. The van der Waals surface area contributed by atoms with Crippen LogP contribution in [0.5, 0.6) is 0 Å². The fraction of sp³-hybridized carbons (Fsp3) is 0.538. The van der Waals surface area contributed by atoms with E-state index in [1.165, 1.54) is 0 Å². The predicted molar refractivity (Wildman–Crippen MR) is 73.1 cm³/mol. The van der Waals surface area contributed by atoms with Crippen LogP contribution in [0.3, 0.4) is 0 Å². The molecule has 1 amide bonds. The fourth-order valence-electron chi connectivity index (χ4n) is 1.75. The van der Waals surface area contributed by atoms with E-state index in [2.05, 4.69) is 29.5 Å². The van der Waals surface area contributed by atoms with Gasteiger partial charge >= 0.3 is 0 Å². The van der Waals surface area contributed by atoms with Crippen LogP contribution in [0.25, 0.3) is 0 Å². The molecule has 2 atom stereocenters. The highest BCUT2D eigenvalue weighted by molar-refractivity contribution is 6.29. The zero-order chi connectivity index (χ0) is 13.1. The lowest BCUT2D eigenvalue weighted by molar-refractivity contribution is 0.0949. The minimum absolute atomic E-state index is 0.0757. The predicted octanol–water partition coefficient (Wildman–Crippen LogP) is 2.70. The van der Waals surface area contributed by atoms with Crippen LogP contribution in [0, 0.1) is 5.92 Å². The Morgan fingerprint density at radius 2 is 2.28 bits per heavy atom. The number of hydrogen-bond donors (Lipinski definition) is 2. The number of anilines is 1. The molecule has 0 aromatic carbocycles.